The highest BCUT2D eigenvalue weighted by Gasteiger charge is 2.29. The van der Waals surface area contributed by atoms with Crippen LogP contribution in [-0.2, 0) is 4.79 Å². The topological polar surface area (TPSA) is 20.3 Å². The van der Waals surface area contributed by atoms with Crippen LogP contribution in [0.15, 0.2) is 11.6 Å². The molecule has 1 unspecified atom stereocenters. The van der Waals surface area contributed by atoms with Gasteiger partial charge in [-0.05, 0) is 38.4 Å². The molecule has 0 aromatic heterocycles. The third kappa shape index (κ3) is 4.35. The van der Waals surface area contributed by atoms with Gasteiger partial charge in [0.2, 0.25) is 0 Å². The molecule has 0 N–H and O–H groups in total. The molecule has 1 atom stereocenters. The molecule has 3 heteroatoms. The summed E-state index contributed by atoms with van der Waals surface area (Å²) in [5, 5.41) is 0. The number of Topliss-reactive ketones (excluding diaryl/α,β-unsaturated/α-hetero) is 1. The lowest BCUT2D eigenvalue weighted by molar-refractivity contribution is -0.118. The molecule has 0 saturated heterocycles. The Hall–Kier alpha value is -0.340. The Balaban J connectivity index is 0.00000196. The number of halogens is 1. The lowest BCUT2D eigenvalue weighted by Crippen LogP contribution is -2.24. The summed E-state index contributed by atoms with van der Waals surface area (Å²) in [6.07, 6.45) is 4.14. The van der Waals surface area contributed by atoms with E-state index >= 15 is 0 Å². The fourth-order valence-corrected chi connectivity index (χ4v) is 2.03. The smallest absolute Gasteiger partial charge is 0.162 e. The van der Waals surface area contributed by atoms with Crippen LogP contribution in [0.3, 0.4) is 0 Å². The number of nitrogens with zero attached hydrogens (tertiary/aromatic N) is 1. The van der Waals surface area contributed by atoms with Crippen molar-refractivity contribution in [2.45, 2.75) is 26.7 Å². The highest BCUT2D eigenvalue weighted by Crippen LogP contribution is 2.27. The van der Waals surface area contributed by atoms with Crippen LogP contribution in [0, 0.1) is 11.8 Å². The minimum atomic E-state index is 0. The van der Waals surface area contributed by atoms with E-state index in [2.05, 4.69) is 24.8 Å². The van der Waals surface area contributed by atoms with Crippen molar-refractivity contribution in [3.63, 3.8) is 0 Å². The molecular weight excluding hydrogens is 210 g/mol. The first-order valence-corrected chi connectivity index (χ1v) is 5.40. The number of ketones is 1. The molecule has 88 valence electrons. The van der Waals surface area contributed by atoms with Gasteiger partial charge < -0.3 is 4.90 Å². The number of carbonyl (C=O) groups is 1. The zero-order valence-electron chi connectivity index (χ0n) is 10.1. The predicted octanol–water partition coefficient (Wildman–Crippen LogP) is 2.53. The Bertz CT molecular complexity index is 246. The first-order valence-electron chi connectivity index (χ1n) is 5.40. The van der Waals surface area contributed by atoms with Gasteiger partial charge in [0.15, 0.2) is 5.78 Å². The van der Waals surface area contributed by atoms with Crippen molar-refractivity contribution in [1.82, 2.24) is 4.90 Å². The molecule has 0 aliphatic heterocycles. The van der Waals surface area contributed by atoms with Crippen LogP contribution in [0.4, 0.5) is 0 Å². The second-order valence-corrected chi connectivity index (χ2v) is 4.80. The summed E-state index contributed by atoms with van der Waals surface area (Å²) in [4.78, 5) is 14.0. The Kier molecular flexibility index (Phi) is 6.15. The molecule has 1 saturated carbocycles. The largest absolute Gasteiger partial charge is 0.309 e. The van der Waals surface area contributed by atoms with Crippen LogP contribution < -0.4 is 0 Å². The van der Waals surface area contributed by atoms with Crippen LogP contribution in [0.1, 0.15) is 26.7 Å². The molecular formula is C12H22ClNO. The monoisotopic (exact) mass is 231 g/mol. The second kappa shape index (κ2) is 6.29. The van der Waals surface area contributed by atoms with Crippen LogP contribution in [0.25, 0.3) is 0 Å². The number of rotatable bonds is 3. The molecule has 0 aromatic rings. The maximum absolute atomic E-state index is 11.9. The van der Waals surface area contributed by atoms with E-state index in [0.717, 1.165) is 25.0 Å². The molecule has 0 heterocycles. The maximum Gasteiger partial charge on any atom is 0.162 e. The molecule has 0 radical (unpaired) electrons. The third-order valence-corrected chi connectivity index (χ3v) is 2.57. The van der Waals surface area contributed by atoms with Crippen LogP contribution in [0.5, 0.6) is 0 Å². The van der Waals surface area contributed by atoms with Gasteiger partial charge in [0, 0.05) is 12.5 Å². The van der Waals surface area contributed by atoms with Gasteiger partial charge in [0.1, 0.15) is 0 Å². The van der Waals surface area contributed by atoms with Crippen molar-refractivity contribution in [1.29, 1.82) is 0 Å². The SMILES string of the molecule is CC(C)/C=C1/CCC(CN(C)C)C1=O.Cl. The van der Waals surface area contributed by atoms with E-state index in [4.69, 9.17) is 0 Å². The normalized spacial score (nSPS) is 24.0. The number of hydrogen-bond donors (Lipinski definition) is 0. The van der Waals surface area contributed by atoms with E-state index in [9.17, 15) is 4.79 Å². The quantitative estimate of drug-likeness (QED) is 0.696. The fraction of sp³-hybridized carbons (Fsp3) is 0.750. The van der Waals surface area contributed by atoms with E-state index < -0.39 is 0 Å². The van der Waals surface area contributed by atoms with Gasteiger partial charge in [-0.15, -0.1) is 12.4 Å². The number of allylic oxidation sites excluding steroid dienone is 2. The van der Waals surface area contributed by atoms with Crippen molar-refractivity contribution in [3.05, 3.63) is 11.6 Å². The molecule has 0 aromatic carbocycles. The molecule has 1 rings (SSSR count). The van der Waals surface area contributed by atoms with E-state index in [-0.39, 0.29) is 18.3 Å². The zero-order chi connectivity index (χ0) is 10.7. The van der Waals surface area contributed by atoms with Crippen molar-refractivity contribution in [3.8, 4) is 0 Å². The van der Waals surface area contributed by atoms with Gasteiger partial charge in [-0.3, -0.25) is 4.79 Å². The molecule has 0 amide bonds. The molecule has 0 bridgehead atoms. The number of carbonyl (C=O) groups excluding carboxylic acids is 1. The van der Waals surface area contributed by atoms with Crippen molar-refractivity contribution in [2.75, 3.05) is 20.6 Å². The van der Waals surface area contributed by atoms with Gasteiger partial charge in [0.25, 0.3) is 0 Å². The predicted molar refractivity (Wildman–Crippen MR) is 66.5 cm³/mol. The Morgan fingerprint density at radius 2 is 2.07 bits per heavy atom. The molecule has 15 heavy (non-hydrogen) atoms. The van der Waals surface area contributed by atoms with E-state index in [1.54, 1.807) is 0 Å². The zero-order valence-corrected chi connectivity index (χ0v) is 10.9. The maximum atomic E-state index is 11.9. The summed E-state index contributed by atoms with van der Waals surface area (Å²) in [5.41, 5.74) is 1.06. The summed E-state index contributed by atoms with van der Waals surface area (Å²) in [6, 6.07) is 0. The van der Waals surface area contributed by atoms with Crippen LogP contribution in [0.2, 0.25) is 0 Å². The third-order valence-electron chi connectivity index (χ3n) is 2.57. The molecule has 1 fully saturated rings. The van der Waals surface area contributed by atoms with Crippen LogP contribution >= 0.6 is 12.4 Å². The standard InChI is InChI=1S/C12H21NO.ClH/c1-9(2)7-10-5-6-11(12(10)14)8-13(3)4;/h7,9,11H,5-6,8H2,1-4H3;1H/b10-7-;. The van der Waals surface area contributed by atoms with E-state index in [0.29, 0.717) is 11.7 Å². The van der Waals surface area contributed by atoms with Gasteiger partial charge >= 0.3 is 0 Å². The first-order chi connectivity index (χ1) is 6.50. The Morgan fingerprint density at radius 3 is 2.53 bits per heavy atom. The van der Waals surface area contributed by atoms with E-state index in [1.807, 2.05) is 14.1 Å². The fourth-order valence-electron chi connectivity index (χ4n) is 2.03. The van der Waals surface area contributed by atoms with E-state index in [1.165, 1.54) is 0 Å². The minimum absolute atomic E-state index is 0. The molecule has 2 nitrogen and oxygen atoms in total. The highest BCUT2D eigenvalue weighted by molar-refractivity contribution is 5.99. The van der Waals surface area contributed by atoms with Crippen molar-refractivity contribution in [2.24, 2.45) is 11.8 Å². The van der Waals surface area contributed by atoms with Gasteiger partial charge in [-0.2, -0.15) is 0 Å². The lowest BCUT2D eigenvalue weighted by Gasteiger charge is -2.13. The number of hydrogen-bond acceptors (Lipinski definition) is 2. The lowest BCUT2D eigenvalue weighted by atomic mass is 10.0. The Labute approximate surface area is 99.1 Å². The molecule has 0 spiro atoms. The highest BCUT2D eigenvalue weighted by atomic mass is 35.5. The second-order valence-electron chi connectivity index (χ2n) is 4.80. The van der Waals surface area contributed by atoms with Gasteiger partial charge in [-0.25, -0.2) is 0 Å². The Morgan fingerprint density at radius 1 is 1.47 bits per heavy atom. The van der Waals surface area contributed by atoms with Gasteiger partial charge in [0.05, 0.1) is 0 Å². The summed E-state index contributed by atoms with van der Waals surface area (Å²) in [6.45, 7) is 5.15. The average molecular weight is 232 g/mol. The summed E-state index contributed by atoms with van der Waals surface area (Å²) in [5.74, 6) is 1.12. The molecule has 1 aliphatic carbocycles. The summed E-state index contributed by atoms with van der Waals surface area (Å²) >= 11 is 0. The van der Waals surface area contributed by atoms with Crippen LogP contribution in [-0.4, -0.2) is 31.3 Å². The van der Waals surface area contributed by atoms with Gasteiger partial charge in [-0.1, -0.05) is 19.9 Å². The molecule has 1 aliphatic rings. The summed E-state index contributed by atoms with van der Waals surface area (Å²) < 4.78 is 0. The van der Waals surface area contributed by atoms with Crippen molar-refractivity contribution < 1.29 is 4.79 Å². The van der Waals surface area contributed by atoms with Crippen molar-refractivity contribution >= 4 is 18.2 Å². The summed E-state index contributed by atoms with van der Waals surface area (Å²) in [7, 11) is 4.05. The average Bonchev–Trinajstić information content (AvgIpc) is 2.34. The minimum Gasteiger partial charge on any atom is -0.309 e. The first kappa shape index (κ1) is 14.7.